The van der Waals surface area contributed by atoms with Gasteiger partial charge >= 0.3 is 0 Å². The molecular formula is C14H13BrN4OS2. The lowest BCUT2D eigenvalue weighted by atomic mass is 9.99. The third-order valence-electron chi connectivity index (χ3n) is 3.87. The average Bonchev–Trinajstić information content (AvgIpc) is 3.25. The maximum Gasteiger partial charge on any atom is 0.277 e. The van der Waals surface area contributed by atoms with Crippen molar-refractivity contribution in [2.24, 2.45) is 5.73 Å². The van der Waals surface area contributed by atoms with Crippen molar-refractivity contribution < 1.29 is 4.52 Å². The normalized spacial score (nSPS) is 17.2. The van der Waals surface area contributed by atoms with Gasteiger partial charge in [0.25, 0.3) is 5.89 Å². The Labute approximate surface area is 143 Å². The van der Waals surface area contributed by atoms with E-state index in [9.17, 15) is 0 Å². The van der Waals surface area contributed by atoms with Gasteiger partial charge in [-0.05, 0) is 34.8 Å². The highest BCUT2D eigenvalue weighted by Crippen LogP contribution is 2.37. The number of nitrogens with two attached hydrogens (primary N) is 1. The summed E-state index contributed by atoms with van der Waals surface area (Å²) in [5.41, 5.74) is 6.65. The van der Waals surface area contributed by atoms with Crippen molar-refractivity contribution in [3.63, 3.8) is 0 Å². The van der Waals surface area contributed by atoms with Gasteiger partial charge in [0.1, 0.15) is 10.7 Å². The van der Waals surface area contributed by atoms with E-state index in [4.69, 9.17) is 10.3 Å². The first-order chi connectivity index (χ1) is 10.6. The summed E-state index contributed by atoms with van der Waals surface area (Å²) in [5.74, 6) is 1.05. The van der Waals surface area contributed by atoms with Crippen molar-refractivity contribution in [3.05, 3.63) is 27.1 Å². The topological polar surface area (TPSA) is 77.8 Å². The number of hydrogen-bond acceptors (Lipinski definition) is 7. The molecule has 0 saturated heterocycles. The molecule has 1 aliphatic carbocycles. The second-order valence-corrected chi connectivity index (χ2v) is 8.14. The molecular weight excluding hydrogens is 384 g/mol. The molecule has 0 atom stereocenters. The molecule has 1 saturated carbocycles. The van der Waals surface area contributed by atoms with Gasteiger partial charge in [-0.2, -0.15) is 4.98 Å². The Morgan fingerprint density at radius 1 is 1.18 bits per heavy atom. The molecule has 114 valence electrons. The van der Waals surface area contributed by atoms with Gasteiger partial charge in [0, 0.05) is 15.2 Å². The molecule has 3 aromatic heterocycles. The molecule has 0 spiro atoms. The standard InChI is InChI=1S/C14H13BrN4OS2/c15-8-5-10(21-6-8)12-17-9(7-22-12)11-18-13(19-20-11)14(16)3-1-2-4-14/h5-7H,1-4,16H2. The van der Waals surface area contributed by atoms with E-state index in [0.29, 0.717) is 17.4 Å². The fourth-order valence-electron chi connectivity index (χ4n) is 2.67. The minimum absolute atomic E-state index is 0.431. The van der Waals surface area contributed by atoms with Crippen molar-refractivity contribution >= 4 is 38.6 Å². The van der Waals surface area contributed by atoms with Crippen LogP contribution in [0.15, 0.2) is 25.8 Å². The van der Waals surface area contributed by atoms with Crippen molar-refractivity contribution in [1.82, 2.24) is 15.1 Å². The quantitative estimate of drug-likeness (QED) is 0.708. The minimum Gasteiger partial charge on any atom is -0.332 e. The zero-order chi connectivity index (χ0) is 15.2. The number of thiophene rings is 1. The zero-order valence-corrected chi connectivity index (χ0v) is 14.8. The number of aromatic nitrogens is 3. The molecule has 5 nitrogen and oxygen atoms in total. The molecule has 1 aliphatic rings. The summed E-state index contributed by atoms with van der Waals surface area (Å²) in [5, 5.41) is 9.02. The monoisotopic (exact) mass is 396 g/mol. The van der Waals surface area contributed by atoms with Gasteiger partial charge < -0.3 is 10.3 Å². The molecule has 0 aliphatic heterocycles. The van der Waals surface area contributed by atoms with Crippen LogP contribution in [0.1, 0.15) is 31.5 Å². The molecule has 4 rings (SSSR count). The molecule has 3 aromatic rings. The van der Waals surface area contributed by atoms with E-state index in [1.54, 1.807) is 22.7 Å². The lowest BCUT2D eigenvalue weighted by molar-refractivity contribution is 0.372. The molecule has 0 radical (unpaired) electrons. The van der Waals surface area contributed by atoms with Crippen LogP contribution in [0.3, 0.4) is 0 Å². The summed E-state index contributed by atoms with van der Waals surface area (Å²) in [6.45, 7) is 0. The van der Waals surface area contributed by atoms with Gasteiger partial charge in [-0.15, -0.1) is 22.7 Å². The first-order valence-electron chi connectivity index (χ1n) is 6.97. The molecule has 3 heterocycles. The van der Waals surface area contributed by atoms with Gasteiger partial charge in [-0.25, -0.2) is 4.98 Å². The highest BCUT2D eigenvalue weighted by Gasteiger charge is 2.36. The number of hydrogen-bond donors (Lipinski definition) is 1. The predicted molar refractivity (Wildman–Crippen MR) is 90.8 cm³/mol. The third kappa shape index (κ3) is 2.54. The Balaban J connectivity index is 1.63. The van der Waals surface area contributed by atoms with Crippen molar-refractivity contribution in [2.45, 2.75) is 31.2 Å². The van der Waals surface area contributed by atoms with Gasteiger partial charge in [-0.1, -0.05) is 18.0 Å². The Kier molecular flexibility index (Phi) is 3.64. The van der Waals surface area contributed by atoms with Crippen LogP contribution in [0.4, 0.5) is 0 Å². The van der Waals surface area contributed by atoms with Crippen LogP contribution < -0.4 is 5.73 Å². The lowest BCUT2D eigenvalue weighted by Crippen LogP contribution is -2.34. The smallest absolute Gasteiger partial charge is 0.277 e. The van der Waals surface area contributed by atoms with E-state index in [2.05, 4.69) is 37.1 Å². The van der Waals surface area contributed by atoms with E-state index < -0.39 is 5.54 Å². The van der Waals surface area contributed by atoms with Crippen LogP contribution in [0.25, 0.3) is 21.5 Å². The molecule has 0 bridgehead atoms. The fourth-order valence-corrected chi connectivity index (χ4v) is 4.97. The number of nitrogens with zero attached hydrogens (tertiary/aromatic N) is 3. The maximum absolute atomic E-state index is 6.36. The van der Waals surface area contributed by atoms with Crippen molar-refractivity contribution in [2.75, 3.05) is 0 Å². The number of halogens is 1. The van der Waals surface area contributed by atoms with E-state index in [1.807, 2.05) is 10.8 Å². The Bertz CT molecular complexity index is 803. The average molecular weight is 397 g/mol. The SMILES string of the molecule is NC1(c2noc(-c3csc(-c4cc(Br)cs4)n3)n2)CCCC1. The molecule has 0 unspecified atom stereocenters. The number of rotatable bonds is 3. The molecule has 1 fully saturated rings. The fraction of sp³-hybridized carbons (Fsp3) is 0.357. The van der Waals surface area contributed by atoms with Crippen LogP contribution in [-0.2, 0) is 5.54 Å². The maximum atomic E-state index is 6.36. The first-order valence-corrected chi connectivity index (χ1v) is 9.53. The zero-order valence-electron chi connectivity index (χ0n) is 11.6. The second kappa shape index (κ2) is 5.52. The van der Waals surface area contributed by atoms with Crippen LogP contribution >= 0.6 is 38.6 Å². The van der Waals surface area contributed by atoms with E-state index >= 15 is 0 Å². The Morgan fingerprint density at radius 2 is 2.00 bits per heavy atom. The summed E-state index contributed by atoms with van der Waals surface area (Å²) in [4.78, 5) is 10.2. The molecule has 8 heteroatoms. The lowest BCUT2D eigenvalue weighted by Gasteiger charge is -2.17. The van der Waals surface area contributed by atoms with Crippen LogP contribution in [0.5, 0.6) is 0 Å². The van der Waals surface area contributed by atoms with Gasteiger partial charge in [0.15, 0.2) is 5.82 Å². The molecule has 2 N–H and O–H groups in total. The van der Waals surface area contributed by atoms with Gasteiger partial charge in [0.05, 0.1) is 10.4 Å². The van der Waals surface area contributed by atoms with Crippen molar-refractivity contribution in [1.29, 1.82) is 0 Å². The largest absolute Gasteiger partial charge is 0.332 e. The van der Waals surface area contributed by atoms with Crippen LogP contribution in [0, 0.1) is 0 Å². The summed E-state index contributed by atoms with van der Waals surface area (Å²) in [6, 6.07) is 2.06. The van der Waals surface area contributed by atoms with Gasteiger partial charge in [0.2, 0.25) is 0 Å². The van der Waals surface area contributed by atoms with E-state index in [-0.39, 0.29) is 0 Å². The first kappa shape index (κ1) is 14.5. The second-order valence-electron chi connectivity index (χ2n) is 5.45. The van der Waals surface area contributed by atoms with E-state index in [1.165, 1.54) is 0 Å². The molecule has 0 amide bonds. The Morgan fingerprint density at radius 3 is 2.73 bits per heavy atom. The molecule has 0 aromatic carbocycles. The van der Waals surface area contributed by atoms with Crippen molar-refractivity contribution in [3.8, 4) is 21.5 Å². The summed E-state index contributed by atoms with van der Waals surface area (Å²) < 4.78 is 6.45. The highest BCUT2D eigenvalue weighted by atomic mass is 79.9. The summed E-state index contributed by atoms with van der Waals surface area (Å²) >= 11 is 6.68. The summed E-state index contributed by atoms with van der Waals surface area (Å²) in [6.07, 6.45) is 4.07. The molecule has 22 heavy (non-hydrogen) atoms. The van der Waals surface area contributed by atoms with Crippen LogP contribution in [-0.4, -0.2) is 15.1 Å². The summed E-state index contributed by atoms with van der Waals surface area (Å²) in [7, 11) is 0. The third-order valence-corrected chi connectivity index (χ3v) is 6.57. The predicted octanol–water partition coefficient (Wildman–Crippen LogP) is 4.41. The van der Waals surface area contributed by atoms with Gasteiger partial charge in [-0.3, -0.25) is 0 Å². The highest BCUT2D eigenvalue weighted by molar-refractivity contribution is 9.10. The minimum atomic E-state index is -0.431. The van der Waals surface area contributed by atoms with Crippen LogP contribution in [0.2, 0.25) is 0 Å². The Hall–Kier alpha value is -1.09. The number of thiazole rings is 1. The van der Waals surface area contributed by atoms with E-state index in [0.717, 1.165) is 40.0 Å².